The van der Waals surface area contributed by atoms with Crippen LogP contribution in [0.2, 0.25) is 0 Å². The van der Waals surface area contributed by atoms with Gasteiger partial charge in [0, 0.05) is 37.2 Å². The number of methoxy groups -OCH3 is 1. The SMILES string of the molecule is COc1ccc2c(COC(=O)c3ccc(S(=O)(=O)N(C)C)cc3)cc(=O)oc2c1. The number of nitrogens with zero attached hydrogens (tertiary/aromatic N) is 1. The molecule has 1 aromatic heterocycles. The number of fused-ring (bicyclic) bond motifs is 1. The molecule has 0 saturated carbocycles. The third-order valence-corrected chi connectivity index (χ3v) is 6.09. The van der Waals surface area contributed by atoms with E-state index in [4.69, 9.17) is 13.9 Å². The van der Waals surface area contributed by atoms with E-state index < -0.39 is 21.6 Å². The van der Waals surface area contributed by atoms with Gasteiger partial charge in [-0.1, -0.05) is 0 Å². The quantitative estimate of drug-likeness (QED) is 0.448. The zero-order chi connectivity index (χ0) is 21.2. The minimum Gasteiger partial charge on any atom is -0.497 e. The molecule has 0 aliphatic carbocycles. The highest BCUT2D eigenvalue weighted by molar-refractivity contribution is 7.89. The number of carbonyl (C=O) groups is 1. The van der Waals surface area contributed by atoms with E-state index in [0.29, 0.717) is 22.3 Å². The average Bonchev–Trinajstić information content (AvgIpc) is 2.71. The summed E-state index contributed by atoms with van der Waals surface area (Å²) in [6, 6.07) is 11.7. The largest absolute Gasteiger partial charge is 0.497 e. The summed E-state index contributed by atoms with van der Waals surface area (Å²) in [6.45, 7) is -0.148. The van der Waals surface area contributed by atoms with Crippen LogP contribution in [0, 0.1) is 0 Å². The predicted octanol–water partition coefficient (Wildman–Crippen LogP) is 2.41. The summed E-state index contributed by atoms with van der Waals surface area (Å²) in [6.07, 6.45) is 0. The van der Waals surface area contributed by atoms with Crippen LogP contribution < -0.4 is 10.4 Å². The van der Waals surface area contributed by atoms with Gasteiger partial charge in [-0.05, 0) is 36.4 Å². The van der Waals surface area contributed by atoms with Gasteiger partial charge in [-0.3, -0.25) is 0 Å². The average molecular weight is 417 g/mol. The third kappa shape index (κ3) is 4.30. The number of sulfonamides is 1. The first-order chi connectivity index (χ1) is 13.7. The number of hydrogen-bond donors (Lipinski definition) is 0. The Kier molecular flexibility index (Phi) is 5.71. The third-order valence-electron chi connectivity index (χ3n) is 4.26. The van der Waals surface area contributed by atoms with Crippen LogP contribution in [-0.2, 0) is 21.4 Å². The first kappa shape index (κ1) is 20.6. The number of hydrogen-bond acceptors (Lipinski definition) is 7. The summed E-state index contributed by atoms with van der Waals surface area (Å²) < 4.78 is 40.8. The lowest BCUT2D eigenvalue weighted by Gasteiger charge is -2.11. The molecule has 0 aliphatic heterocycles. The normalized spacial score (nSPS) is 11.6. The van der Waals surface area contributed by atoms with Gasteiger partial charge in [0.25, 0.3) is 0 Å². The first-order valence-electron chi connectivity index (χ1n) is 8.53. The van der Waals surface area contributed by atoms with E-state index in [2.05, 4.69) is 0 Å². The Morgan fingerprint density at radius 1 is 1.07 bits per heavy atom. The Morgan fingerprint density at radius 2 is 1.76 bits per heavy atom. The molecule has 0 spiro atoms. The summed E-state index contributed by atoms with van der Waals surface area (Å²) in [7, 11) is 0.765. The zero-order valence-corrected chi connectivity index (χ0v) is 16.9. The standard InChI is InChI=1S/C20H19NO7S/c1-21(2)29(24,25)16-7-4-13(5-8-16)20(23)27-12-14-10-19(22)28-18-11-15(26-3)6-9-17(14)18/h4-11H,12H2,1-3H3. The molecule has 3 rings (SSSR count). The number of esters is 1. The topological polar surface area (TPSA) is 103 Å². The fraction of sp³-hybridized carbons (Fsp3) is 0.200. The molecule has 29 heavy (non-hydrogen) atoms. The van der Waals surface area contributed by atoms with E-state index >= 15 is 0 Å². The van der Waals surface area contributed by atoms with Crippen molar-refractivity contribution in [2.24, 2.45) is 0 Å². The van der Waals surface area contributed by atoms with Crippen LogP contribution in [0.15, 0.2) is 62.6 Å². The van der Waals surface area contributed by atoms with Crippen molar-refractivity contribution in [1.82, 2.24) is 4.31 Å². The Bertz CT molecular complexity index is 1210. The van der Waals surface area contributed by atoms with Crippen LogP contribution in [0.5, 0.6) is 5.75 Å². The van der Waals surface area contributed by atoms with E-state index in [1.807, 2.05) is 0 Å². The summed E-state index contributed by atoms with van der Waals surface area (Å²) in [5, 5.41) is 0.616. The Labute approximate surface area is 167 Å². The van der Waals surface area contributed by atoms with Crippen molar-refractivity contribution in [3.8, 4) is 5.75 Å². The lowest BCUT2D eigenvalue weighted by molar-refractivity contribution is 0.0473. The van der Waals surface area contributed by atoms with Crippen molar-refractivity contribution in [3.05, 3.63) is 70.1 Å². The van der Waals surface area contributed by atoms with E-state index in [1.54, 1.807) is 18.2 Å². The molecule has 0 N–H and O–H groups in total. The van der Waals surface area contributed by atoms with E-state index in [0.717, 1.165) is 4.31 Å². The molecular weight excluding hydrogens is 398 g/mol. The van der Waals surface area contributed by atoms with Crippen molar-refractivity contribution < 1.29 is 27.1 Å². The van der Waals surface area contributed by atoms with E-state index in [-0.39, 0.29) is 17.1 Å². The molecule has 152 valence electrons. The van der Waals surface area contributed by atoms with Gasteiger partial charge >= 0.3 is 11.6 Å². The van der Waals surface area contributed by atoms with Crippen molar-refractivity contribution in [2.75, 3.05) is 21.2 Å². The molecule has 2 aromatic carbocycles. The number of rotatable bonds is 6. The summed E-state index contributed by atoms with van der Waals surface area (Å²) in [5.74, 6) is -0.115. The molecule has 0 aliphatic rings. The van der Waals surface area contributed by atoms with E-state index in [1.165, 1.54) is 51.5 Å². The van der Waals surface area contributed by atoms with Crippen LogP contribution in [0.3, 0.4) is 0 Å². The lowest BCUT2D eigenvalue weighted by atomic mass is 10.1. The minimum absolute atomic E-state index is 0.0691. The molecule has 9 heteroatoms. The van der Waals surface area contributed by atoms with Gasteiger partial charge in [0.2, 0.25) is 10.0 Å². The predicted molar refractivity (Wildman–Crippen MR) is 105 cm³/mol. The van der Waals surface area contributed by atoms with Crippen molar-refractivity contribution >= 4 is 27.0 Å². The molecule has 0 fully saturated rings. The van der Waals surface area contributed by atoms with Crippen LogP contribution in [0.4, 0.5) is 0 Å². The monoisotopic (exact) mass is 417 g/mol. The maximum atomic E-state index is 12.3. The van der Waals surface area contributed by atoms with Gasteiger partial charge in [0.1, 0.15) is 17.9 Å². The molecule has 0 saturated heterocycles. The number of benzene rings is 2. The van der Waals surface area contributed by atoms with Crippen LogP contribution >= 0.6 is 0 Å². The first-order valence-corrected chi connectivity index (χ1v) is 9.97. The fourth-order valence-electron chi connectivity index (χ4n) is 2.66. The highest BCUT2D eigenvalue weighted by atomic mass is 32.2. The van der Waals surface area contributed by atoms with Gasteiger partial charge in [-0.25, -0.2) is 22.3 Å². The second-order valence-corrected chi connectivity index (χ2v) is 8.49. The second-order valence-electron chi connectivity index (χ2n) is 6.34. The molecule has 8 nitrogen and oxygen atoms in total. The highest BCUT2D eigenvalue weighted by Gasteiger charge is 2.18. The number of ether oxygens (including phenoxy) is 2. The molecule has 1 heterocycles. The van der Waals surface area contributed by atoms with Crippen LogP contribution in [-0.4, -0.2) is 39.9 Å². The van der Waals surface area contributed by atoms with Crippen LogP contribution in [0.25, 0.3) is 11.0 Å². The van der Waals surface area contributed by atoms with Gasteiger partial charge < -0.3 is 13.9 Å². The van der Waals surface area contributed by atoms with Crippen LogP contribution in [0.1, 0.15) is 15.9 Å². The highest BCUT2D eigenvalue weighted by Crippen LogP contribution is 2.23. The molecular formula is C20H19NO7S. The van der Waals surface area contributed by atoms with Gasteiger partial charge in [-0.2, -0.15) is 0 Å². The summed E-state index contributed by atoms with van der Waals surface area (Å²) in [4.78, 5) is 24.2. The number of carbonyl (C=O) groups excluding carboxylic acids is 1. The molecule has 0 bridgehead atoms. The Hall–Kier alpha value is -3.17. The smallest absolute Gasteiger partial charge is 0.338 e. The molecule has 0 unspecified atom stereocenters. The fourth-order valence-corrected chi connectivity index (χ4v) is 3.56. The van der Waals surface area contributed by atoms with Crippen molar-refractivity contribution in [3.63, 3.8) is 0 Å². The molecule has 0 amide bonds. The maximum Gasteiger partial charge on any atom is 0.338 e. The van der Waals surface area contributed by atoms with Gasteiger partial charge in [-0.15, -0.1) is 0 Å². The second kappa shape index (κ2) is 8.06. The van der Waals surface area contributed by atoms with Crippen molar-refractivity contribution in [2.45, 2.75) is 11.5 Å². The molecule has 0 atom stereocenters. The van der Waals surface area contributed by atoms with Gasteiger partial charge in [0.05, 0.1) is 17.6 Å². The maximum absolute atomic E-state index is 12.3. The Balaban J connectivity index is 1.80. The molecule has 0 radical (unpaired) electrons. The lowest BCUT2D eigenvalue weighted by Crippen LogP contribution is -2.22. The molecule has 3 aromatic rings. The van der Waals surface area contributed by atoms with E-state index in [9.17, 15) is 18.0 Å². The summed E-state index contributed by atoms with van der Waals surface area (Å²) >= 11 is 0. The minimum atomic E-state index is -3.58. The summed E-state index contributed by atoms with van der Waals surface area (Å²) in [5.41, 5.74) is 0.423. The van der Waals surface area contributed by atoms with Crippen molar-refractivity contribution in [1.29, 1.82) is 0 Å². The zero-order valence-electron chi connectivity index (χ0n) is 16.0. The Morgan fingerprint density at radius 3 is 2.38 bits per heavy atom. The van der Waals surface area contributed by atoms with Gasteiger partial charge in [0.15, 0.2) is 0 Å².